The zero-order chi connectivity index (χ0) is 16.1. The van der Waals surface area contributed by atoms with Crippen LogP contribution in [0.1, 0.15) is 50.3 Å². The second-order valence-electron chi connectivity index (χ2n) is 6.52. The zero-order valence-electron chi connectivity index (χ0n) is 13.0. The minimum Gasteiger partial charge on any atom is -0.331 e. The quantitative estimate of drug-likeness (QED) is 0.782. The molecule has 120 valence electrons. The Kier molecular flexibility index (Phi) is 3.23. The Bertz CT molecular complexity index is 701. The standard InChI is InChI=1S/C17H19N3O3/c1-19-16(22)13-5-2-10(8-14(13)17(19)23)15(21)20-11-3-4-12(20)9-18-7-6-11/h2,5,8,11-12,18H,3-4,6-7,9H2,1H3. The van der Waals surface area contributed by atoms with E-state index in [-0.39, 0.29) is 29.8 Å². The number of hydrogen-bond acceptors (Lipinski definition) is 4. The Labute approximate surface area is 134 Å². The molecule has 6 heteroatoms. The Morgan fingerprint density at radius 1 is 1.09 bits per heavy atom. The molecule has 2 fully saturated rings. The van der Waals surface area contributed by atoms with Gasteiger partial charge in [0.2, 0.25) is 0 Å². The largest absolute Gasteiger partial charge is 0.331 e. The molecule has 3 amide bonds. The van der Waals surface area contributed by atoms with Crippen LogP contribution in [0.25, 0.3) is 0 Å². The summed E-state index contributed by atoms with van der Waals surface area (Å²) in [6.45, 7) is 1.76. The number of imide groups is 1. The maximum atomic E-state index is 13.0. The third-order valence-corrected chi connectivity index (χ3v) is 5.23. The number of benzene rings is 1. The molecule has 0 saturated carbocycles. The number of hydrogen-bond donors (Lipinski definition) is 1. The van der Waals surface area contributed by atoms with Crippen LogP contribution in [0.15, 0.2) is 18.2 Å². The fourth-order valence-corrected chi connectivity index (χ4v) is 3.96. The van der Waals surface area contributed by atoms with Gasteiger partial charge in [-0.2, -0.15) is 0 Å². The first-order chi connectivity index (χ1) is 11.1. The smallest absolute Gasteiger partial charge is 0.261 e. The molecule has 0 spiro atoms. The number of carbonyl (C=O) groups is 3. The van der Waals surface area contributed by atoms with Crippen LogP contribution in [0, 0.1) is 0 Å². The van der Waals surface area contributed by atoms with Crippen molar-refractivity contribution in [3.63, 3.8) is 0 Å². The van der Waals surface area contributed by atoms with Crippen LogP contribution in [0.3, 0.4) is 0 Å². The highest BCUT2D eigenvalue weighted by molar-refractivity contribution is 6.21. The maximum absolute atomic E-state index is 13.0. The maximum Gasteiger partial charge on any atom is 0.261 e. The molecule has 3 heterocycles. The van der Waals surface area contributed by atoms with E-state index in [1.165, 1.54) is 7.05 Å². The average Bonchev–Trinajstić information content (AvgIpc) is 2.94. The molecule has 2 unspecified atom stereocenters. The number of nitrogens with zero attached hydrogens (tertiary/aromatic N) is 2. The van der Waals surface area contributed by atoms with E-state index in [4.69, 9.17) is 0 Å². The highest BCUT2D eigenvalue weighted by Gasteiger charge is 2.39. The topological polar surface area (TPSA) is 69.7 Å². The first kappa shape index (κ1) is 14.4. The minimum absolute atomic E-state index is 0.0289. The number of amides is 3. The predicted octanol–water partition coefficient (Wildman–Crippen LogP) is 0.879. The zero-order valence-corrected chi connectivity index (χ0v) is 13.0. The Morgan fingerprint density at radius 2 is 1.83 bits per heavy atom. The van der Waals surface area contributed by atoms with Gasteiger partial charge >= 0.3 is 0 Å². The summed E-state index contributed by atoms with van der Waals surface area (Å²) in [5, 5.41) is 3.38. The minimum atomic E-state index is -0.333. The third-order valence-electron chi connectivity index (χ3n) is 5.23. The Balaban J connectivity index is 1.68. The van der Waals surface area contributed by atoms with Gasteiger partial charge in [0.25, 0.3) is 17.7 Å². The summed E-state index contributed by atoms with van der Waals surface area (Å²) in [6, 6.07) is 5.35. The van der Waals surface area contributed by atoms with Crippen molar-refractivity contribution in [2.24, 2.45) is 0 Å². The lowest BCUT2D eigenvalue weighted by molar-refractivity contribution is 0.0676. The molecule has 0 aromatic heterocycles. The van der Waals surface area contributed by atoms with Gasteiger partial charge < -0.3 is 10.2 Å². The van der Waals surface area contributed by atoms with Crippen molar-refractivity contribution in [3.8, 4) is 0 Å². The summed E-state index contributed by atoms with van der Waals surface area (Å²) in [6.07, 6.45) is 3.03. The van der Waals surface area contributed by atoms with Crippen LogP contribution in [0.4, 0.5) is 0 Å². The summed E-state index contributed by atoms with van der Waals surface area (Å²) in [5.41, 5.74) is 1.22. The molecule has 3 aliphatic rings. The Morgan fingerprint density at radius 3 is 2.65 bits per heavy atom. The lowest BCUT2D eigenvalue weighted by Gasteiger charge is -2.28. The molecule has 3 aliphatic heterocycles. The van der Waals surface area contributed by atoms with Crippen molar-refractivity contribution >= 4 is 17.7 Å². The summed E-state index contributed by atoms with van der Waals surface area (Å²) in [4.78, 5) is 40.1. The third kappa shape index (κ3) is 2.09. The van der Waals surface area contributed by atoms with Crippen LogP contribution >= 0.6 is 0 Å². The van der Waals surface area contributed by atoms with Crippen molar-refractivity contribution in [2.75, 3.05) is 20.1 Å². The molecule has 4 rings (SSSR count). The van der Waals surface area contributed by atoms with Gasteiger partial charge in [0, 0.05) is 31.2 Å². The van der Waals surface area contributed by atoms with Gasteiger partial charge in [-0.15, -0.1) is 0 Å². The van der Waals surface area contributed by atoms with Crippen LogP contribution < -0.4 is 5.32 Å². The van der Waals surface area contributed by atoms with Crippen LogP contribution in [-0.2, 0) is 0 Å². The molecule has 0 radical (unpaired) electrons. The SMILES string of the molecule is CN1C(=O)c2ccc(C(=O)N3C4CCNCC3CC4)cc2C1=O. The second kappa shape index (κ2) is 5.16. The molecular formula is C17H19N3O3. The molecule has 1 aromatic carbocycles. The van der Waals surface area contributed by atoms with Gasteiger partial charge in [-0.05, 0) is 44.0 Å². The van der Waals surface area contributed by atoms with E-state index < -0.39 is 0 Å². The fraction of sp³-hybridized carbons (Fsp3) is 0.471. The molecule has 23 heavy (non-hydrogen) atoms. The first-order valence-electron chi connectivity index (χ1n) is 8.07. The molecular weight excluding hydrogens is 294 g/mol. The monoisotopic (exact) mass is 313 g/mol. The second-order valence-corrected chi connectivity index (χ2v) is 6.52. The summed E-state index contributed by atoms with van der Waals surface area (Å²) in [5.74, 6) is -0.665. The summed E-state index contributed by atoms with van der Waals surface area (Å²) >= 11 is 0. The van der Waals surface area contributed by atoms with Gasteiger partial charge in [0.15, 0.2) is 0 Å². The number of fused-ring (bicyclic) bond motifs is 3. The summed E-state index contributed by atoms with van der Waals surface area (Å²) in [7, 11) is 1.47. The lowest BCUT2D eigenvalue weighted by atomic mass is 10.0. The molecule has 0 aliphatic carbocycles. The molecule has 2 saturated heterocycles. The van der Waals surface area contributed by atoms with Gasteiger partial charge in [0.05, 0.1) is 11.1 Å². The normalized spacial score (nSPS) is 26.5. The number of rotatable bonds is 1. The van der Waals surface area contributed by atoms with Gasteiger partial charge in [-0.25, -0.2) is 0 Å². The number of carbonyl (C=O) groups excluding carboxylic acids is 3. The van der Waals surface area contributed by atoms with E-state index in [9.17, 15) is 14.4 Å². The molecule has 1 aromatic rings. The number of nitrogens with one attached hydrogen (secondary N) is 1. The first-order valence-corrected chi connectivity index (χ1v) is 8.07. The van der Waals surface area contributed by atoms with Gasteiger partial charge in [-0.3, -0.25) is 19.3 Å². The predicted molar refractivity (Wildman–Crippen MR) is 83.3 cm³/mol. The van der Waals surface area contributed by atoms with Crippen molar-refractivity contribution in [1.82, 2.24) is 15.1 Å². The van der Waals surface area contributed by atoms with E-state index in [0.29, 0.717) is 16.7 Å². The van der Waals surface area contributed by atoms with Crippen molar-refractivity contribution in [1.29, 1.82) is 0 Å². The van der Waals surface area contributed by atoms with Crippen LogP contribution in [0.5, 0.6) is 0 Å². The average molecular weight is 313 g/mol. The van der Waals surface area contributed by atoms with Gasteiger partial charge in [-0.1, -0.05) is 0 Å². The van der Waals surface area contributed by atoms with Gasteiger partial charge in [0.1, 0.15) is 0 Å². The van der Waals surface area contributed by atoms with E-state index in [1.54, 1.807) is 18.2 Å². The molecule has 2 bridgehead atoms. The Hall–Kier alpha value is -2.21. The highest BCUT2D eigenvalue weighted by Crippen LogP contribution is 2.30. The van der Waals surface area contributed by atoms with Crippen molar-refractivity contribution in [2.45, 2.75) is 31.3 Å². The molecule has 1 N–H and O–H groups in total. The lowest BCUT2D eigenvalue weighted by Crippen LogP contribution is -2.42. The van der Waals surface area contributed by atoms with E-state index in [2.05, 4.69) is 5.32 Å². The van der Waals surface area contributed by atoms with E-state index in [1.807, 2.05) is 4.90 Å². The van der Waals surface area contributed by atoms with Crippen molar-refractivity contribution in [3.05, 3.63) is 34.9 Å². The molecule has 6 nitrogen and oxygen atoms in total. The van der Waals surface area contributed by atoms with E-state index >= 15 is 0 Å². The fourth-order valence-electron chi connectivity index (χ4n) is 3.96. The van der Waals surface area contributed by atoms with Crippen molar-refractivity contribution < 1.29 is 14.4 Å². The van der Waals surface area contributed by atoms with Crippen LogP contribution in [0.2, 0.25) is 0 Å². The summed E-state index contributed by atoms with van der Waals surface area (Å²) < 4.78 is 0. The molecule has 2 atom stereocenters. The van der Waals surface area contributed by atoms with E-state index in [0.717, 1.165) is 37.3 Å². The highest BCUT2D eigenvalue weighted by atomic mass is 16.2. The van der Waals surface area contributed by atoms with Crippen LogP contribution in [-0.4, -0.2) is 59.7 Å².